The van der Waals surface area contributed by atoms with Crippen molar-refractivity contribution >= 4 is 11.8 Å². The van der Waals surface area contributed by atoms with Crippen molar-refractivity contribution in [1.82, 2.24) is 14.8 Å². The van der Waals surface area contributed by atoms with Crippen molar-refractivity contribution in [3.63, 3.8) is 0 Å². The van der Waals surface area contributed by atoms with Gasteiger partial charge in [-0.25, -0.2) is 0 Å². The van der Waals surface area contributed by atoms with E-state index in [-0.39, 0.29) is 0 Å². The van der Waals surface area contributed by atoms with Crippen LogP contribution in [-0.2, 0) is 19.2 Å². The minimum absolute atomic E-state index is 0.360. The van der Waals surface area contributed by atoms with E-state index < -0.39 is 5.60 Å². The maximum Gasteiger partial charge on any atom is 0.191 e. The molecule has 0 spiro atoms. The standard InChI is InChI=1S/C13H18N4OS/c1-13(18,10-6-4-3-5-7-10)9-19-12-16-15-11(8-14)17(12)2/h3-7,18H,8-9,14H2,1-2H3. The lowest BCUT2D eigenvalue weighted by Crippen LogP contribution is -2.24. The molecule has 0 aliphatic heterocycles. The van der Waals surface area contributed by atoms with Crippen LogP contribution in [0.4, 0.5) is 0 Å². The molecule has 102 valence electrons. The highest BCUT2D eigenvalue weighted by molar-refractivity contribution is 7.99. The zero-order valence-corrected chi connectivity index (χ0v) is 11.9. The summed E-state index contributed by atoms with van der Waals surface area (Å²) in [6, 6.07) is 9.61. The maximum atomic E-state index is 10.5. The van der Waals surface area contributed by atoms with Gasteiger partial charge >= 0.3 is 0 Å². The predicted octanol–water partition coefficient (Wildman–Crippen LogP) is 1.27. The molecule has 0 bridgehead atoms. The summed E-state index contributed by atoms with van der Waals surface area (Å²) in [5.41, 5.74) is 5.55. The fourth-order valence-electron chi connectivity index (χ4n) is 1.73. The molecule has 1 aromatic heterocycles. The van der Waals surface area contributed by atoms with Crippen molar-refractivity contribution in [1.29, 1.82) is 0 Å². The molecule has 6 heteroatoms. The summed E-state index contributed by atoms with van der Waals surface area (Å²) in [5.74, 6) is 1.25. The number of thioether (sulfide) groups is 1. The molecule has 0 aliphatic rings. The Morgan fingerprint density at radius 2 is 2.00 bits per heavy atom. The highest BCUT2D eigenvalue weighted by atomic mass is 32.2. The molecule has 0 saturated heterocycles. The Bertz CT molecular complexity index is 539. The van der Waals surface area contributed by atoms with E-state index in [4.69, 9.17) is 5.73 Å². The molecule has 1 atom stereocenters. The molecule has 1 unspecified atom stereocenters. The number of hydrogen-bond donors (Lipinski definition) is 2. The van der Waals surface area contributed by atoms with Crippen molar-refractivity contribution in [3.8, 4) is 0 Å². The molecule has 0 radical (unpaired) electrons. The Morgan fingerprint density at radius 3 is 2.58 bits per heavy atom. The average Bonchev–Trinajstić information content (AvgIpc) is 2.78. The minimum Gasteiger partial charge on any atom is -0.385 e. The third kappa shape index (κ3) is 3.15. The lowest BCUT2D eigenvalue weighted by atomic mass is 9.99. The van der Waals surface area contributed by atoms with Gasteiger partial charge in [0.05, 0.1) is 12.1 Å². The summed E-state index contributed by atoms with van der Waals surface area (Å²) >= 11 is 1.47. The van der Waals surface area contributed by atoms with Crippen LogP contribution < -0.4 is 5.73 Å². The minimum atomic E-state index is -0.902. The first-order chi connectivity index (χ1) is 9.04. The van der Waals surface area contributed by atoms with E-state index in [1.807, 2.05) is 41.9 Å². The summed E-state index contributed by atoms with van der Waals surface area (Å²) in [6.07, 6.45) is 0. The molecule has 0 saturated carbocycles. The third-order valence-corrected chi connectivity index (χ3v) is 4.31. The Labute approximate surface area is 116 Å². The molecule has 5 nitrogen and oxygen atoms in total. The van der Waals surface area contributed by atoms with Gasteiger partial charge in [0.1, 0.15) is 5.82 Å². The van der Waals surface area contributed by atoms with Crippen LogP contribution in [0.3, 0.4) is 0 Å². The second-order valence-corrected chi connectivity index (χ2v) is 5.53. The topological polar surface area (TPSA) is 77.0 Å². The highest BCUT2D eigenvalue weighted by Gasteiger charge is 2.24. The molecular weight excluding hydrogens is 260 g/mol. The Kier molecular flexibility index (Phi) is 4.24. The largest absolute Gasteiger partial charge is 0.385 e. The second kappa shape index (κ2) is 5.73. The lowest BCUT2D eigenvalue weighted by Gasteiger charge is -2.23. The molecule has 0 aliphatic carbocycles. The normalized spacial score (nSPS) is 14.3. The van der Waals surface area contributed by atoms with Crippen molar-refractivity contribution in [2.75, 3.05) is 5.75 Å². The van der Waals surface area contributed by atoms with Gasteiger partial charge in [0.25, 0.3) is 0 Å². The Balaban J connectivity index is 2.07. The highest BCUT2D eigenvalue weighted by Crippen LogP contribution is 2.28. The van der Waals surface area contributed by atoms with E-state index in [0.717, 1.165) is 16.5 Å². The van der Waals surface area contributed by atoms with Crippen LogP contribution in [0.25, 0.3) is 0 Å². The van der Waals surface area contributed by atoms with E-state index in [1.54, 1.807) is 6.92 Å². The molecular formula is C13H18N4OS. The number of rotatable bonds is 5. The smallest absolute Gasteiger partial charge is 0.191 e. The fourth-order valence-corrected chi connectivity index (χ4v) is 2.71. The first-order valence-electron chi connectivity index (χ1n) is 6.03. The second-order valence-electron chi connectivity index (χ2n) is 4.59. The summed E-state index contributed by atoms with van der Waals surface area (Å²) in [7, 11) is 1.88. The van der Waals surface area contributed by atoms with Gasteiger partial charge < -0.3 is 15.4 Å². The number of nitrogens with two attached hydrogens (primary N) is 1. The van der Waals surface area contributed by atoms with Crippen LogP contribution in [0.5, 0.6) is 0 Å². The number of nitrogens with zero attached hydrogens (tertiary/aromatic N) is 3. The van der Waals surface area contributed by atoms with Gasteiger partial charge in [-0.3, -0.25) is 0 Å². The number of aliphatic hydroxyl groups is 1. The van der Waals surface area contributed by atoms with Crippen molar-refractivity contribution < 1.29 is 5.11 Å². The lowest BCUT2D eigenvalue weighted by molar-refractivity contribution is 0.0838. The van der Waals surface area contributed by atoms with Gasteiger partial charge in [0, 0.05) is 12.8 Å². The van der Waals surface area contributed by atoms with Crippen LogP contribution in [0, 0.1) is 0 Å². The van der Waals surface area contributed by atoms with Gasteiger partial charge in [-0.15, -0.1) is 10.2 Å². The molecule has 2 aromatic rings. The summed E-state index contributed by atoms with van der Waals surface area (Å²) < 4.78 is 1.85. The number of benzene rings is 1. The van der Waals surface area contributed by atoms with Crippen molar-refractivity contribution in [3.05, 3.63) is 41.7 Å². The van der Waals surface area contributed by atoms with E-state index >= 15 is 0 Å². The van der Waals surface area contributed by atoms with Crippen LogP contribution in [0.1, 0.15) is 18.3 Å². The van der Waals surface area contributed by atoms with Gasteiger partial charge in [-0.05, 0) is 12.5 Å². The van der Waals surface area contributed by atoms with E-state index in [2.05, 4.69) is 10.2 Å². The molecule has 3 N–H and O–H groups in total. The van der Waals surface area contributed by atoms with Gasteiger partial charge in [0.2, 0.25) is 0 Å². The zero-order chi connectivity index (χ0) is 13.9. The summed E-state index contributed by atoms with van der Waals surface area (Å²) in [5, 5.41) is 19.3. The third-order valence-electron chi connectivity index (χ3n) is 2.99. The number of hydrogen-bond acceptors (Lipinski definition) is 5. The fraction of sp³-hybridized carbons (Fsp3) is 0.385. The molecule has 0 amide bonds. The molecule has 0 fully saturated rings. The first kappa shape index (κ1) is 14.0. The maximum absolute atomic E-state index is 10.5. The summed E-state index contributed by atoms with van der Waals surface area (Å²) in [4.78, 5) is 0. The van der Waals surface area contributed by atoms with Crippen LogP contribution >= 0.6 is 11.8 Å². The van der Waals surface area contributed by atoms with E-state index in [9.17, 15) is 5.11 Å². The van der Waals surface area contributed by atoms with Crippen LogP contribution in [0.15, 0.2) is 35.5 Å². The van der Waals surface area contributed by atoms with Crippen LogP contribution in [-0.4, -0.2) is 25.6 Å². The average molecular weight is 278 g/mol. The Morgan fingerprint density at radius 1 is 1.32 bits per heavy atom. The predicted molar refractivity (Wildman–Crippen MR) is 75.6 cm³/mol. The van der Waals surface area contributed by atoms with Gasteiger partial charge in [-0.2, -0.15) is 0 Å². The SMILES string of the molecule is Cn1c(CN)nnc1SCC(C)(O)c1ccccc1. The monoisotopic (exact) mass is 278 g/mol. The first-order valence-corrected chi connectivity index (χ1v) is 7.02. The zero-order valence-electron chi connectivity index (χ0n) is 11.1. The van der Waals surface area contributed by atoms with Crippen molar-refractivity contribution in [2.45, 2.75) is 24.2 Å². The van der Waals surface area contributed by atoms with E-state index in [1.165, 1.54) is 11.8 Å². The molecule has 1 aromatic carbocycles. The van der Waals surface area contributed by atoms with Gasteiger partial charge in [0.15, 0.2) is 5.16 Å². The Hall–Kier alpha value is -1.37. The summed E-state index contributed by atoms with van der Waals surface area (Å²) in [6.45, 7) is 2.16. The number of aromatic nitrogens is 3. The van der Waals surface area contributed by atoms with E-state index in [0.29, 0.717) is 12.3 Å². The quantitative estimate of drug-likeness (QED) is 0.806. The van der Waals surface area contributed by atoms with Gasteiger partial charge in [-0.1, -0.05) is 42.1 Å². The molecule has 19 heavy (non-hydrogen) atoms. The van der Waals surface area contributed by atoms with Crippen molar-refractivity contribution in [2.24, 2.45) is 12.8 Å². The molecule has 1 heterocycles. The molecule has 2 rings (SSSR count). The van der Waals surface area contributed by atoms with Crippen LogP contribution in [0.2, 0.25) is 0 Å².